The lowest BCUT2D eigenvalue weighted by Gasteiger charge is -2.18. The molecule has 87 valence electrons. The van der Waals surface area contributed by atoms with Gasteiger partial charge in [0.15, 0.2) is 0 Å². The van der Waals surface area contributed by atoms with E-state index < -0.39 is 0 Å². The highest BCUT2D eigenvalue weighted by atomic mass is 16.6. The van der Waals surface area contributed by atoms with E-state index in [9.17, 15) is 0 Å². The van der Waals surface area contributed by atoms with Crippen molar-refractivity contribution in [3.8, 4) is 0 Å². The summed E-state index contributed by atoms with van der Waals surface area (Å²) in [7, 11) is 4.78. The average Bonchev–Trinajstić information content (AvgIpc) is 3.10. The predicted octanol–water partition coefficient (Wildman–Crippen LogP) is 1.48. The van der Waals surface area contributed by atoms with E-state index in [0.717, 1.165) is 5.92 Å². The van der Waals surface area contributed by atoms with Gasteiger partial charge in [-0.2, -0.15) is 0 Å². The SMILES string of the molecule is [B][B]O.c1ccc(CC2CCC3OC3C2)cc1. The molecule has 1 aromatic rings. The van der Waals surface area contributed by atoms with Gasteiger partial charge in [-0.15, -0.1) is 0 Å². The average molecular weight is 227 g/mol. The molecule has 2 nitrogen and oxygen atoms in total. The third-order valence-electron chi connectivity index (χ3n) is 3.48. The summed E-state index contributed by atoms with van der Waals surface area (Å²) >= 11 is 0. The van der Waals surface area contributed by atoms with Crippen LogP contribution in [0.4, 0.5) is 0 Å². The van der Waals surface area contributed by atoms with Gasteiger partial charge in [0.25, 0.3) is 0 Å². The van der Waals surface area contributed by atoms with E-state index in [1.807, 2.05) is 0 Å². The monoisotopic (exact) mass is 227 g/mol. The van der Waals surface area contributed by atoms with Gasteiger partial charge in [-0.25, -0.2) is 0 Å². The third kappa shape index (κ3) is 3.90. The minimum absolute atomic E-state index is 0.500. The fourth-order valence-electron chi connectivity index (χ4n) is 2.62. The molecule has 4 heteroatoms. The number of ether oxygens (including phenoxy) is 1. The van der Waals surface area contributed by atoms with Crippen molar-refractivity contribution in [3.63, 3.8) is 0 Å². The number of epoxide rings is 1. The van der Waals surface area contributed by atoms with Crippen LogP contribution in [-0.4, -0.2) is 32.3 Å². The summed E-state index contributed by atoms with van der Waals surface area (Å²) in [5, 5.41) is 7.22. The summed E-state index contributed by atoms with van der Waals surface area (Å²) in [6.07, 6.45) is 6.45. The first-order chi connectivity index (χ1) is 8.33. The zero-order valence-corrected chi connectivity index (χ0v) is 9.96. The smallest absolute Gasteiger partial charge is 0.225 e. The Morgan fingerprint density at radius 3 is 2.59 bits per heavy atom. The molecule has 1 saturated heterocycles. The van der Waals surface area contributed by atoms with Crippen molar-refractivity contribution in [1.82, 2.24) is 0 Å². The summed E-state index contributed by atoms with van der Waals surface area (Å²) in [6, 6.07) is 10.8. The lowest BCUT2D eigenvalue weighted by Crippen LogP contribution is -2.15. The Morgan fingerprint density at radius 2 is 1.94 bits per heavy atom. The summed E-state index contributed by atoms with van der Waals surface area (Å²) in [5.74, 6) is 0.862. The minimum atomic E-state index is 0.500. The second-order valence-corrected chi connectivity index (χ2v) is 4.73. The van der Waals surface area contributed by atoms with E-state index in [1.165, 1.54) is 31.2 Å². The molecule has 0 spiro atoms. The van der Waals surface area contributed by atoms with Gasteiger partial charge in [-0.3, -0.25) is 0 Å². The van der Waals surface area contributed by atoms with Crippen molar-refractivity contribution in [3.05, 3.63) is 35.9 Å². The Morgan fingerprint density at radius 1 is 1.24 bits per heavy atom. The summed E-state index contributed by atoms with van der Waals surface area (Å²) in [5.41, 5.74) is 1.48. The maximum Gasteiger partial charge on any atom is 0.225 e. The van der Waals surface area contributed by atoms with E-state index in [0.29, 0.717) is 19.6 Å². The summed E-state index contributed by atoms with van der Waals surface area (Å²) < 4.78 is 5.55. The molecular formula is C13H17B2O2. The number of hydrogen-bond donors (Lipinski definition) is 1. The number of hydrogen-bond acceptors (Lipinski definition) is 2. The quantitative estimate of drug-likeness (QED) is 0.612. The lowest BCUT2D eigenvalue weighted by molar-refractivity contribution is 0.360. The minimum Gasteiger partial charge on any atom is -0.466 e. The molecule has 1 N–H and O–H groups in total. The van der Waals surface area contributed by atoms with Crippen LogP contribution in [0.3, 0.4) is 0 Å². The van der Waals surface area contributed by atoms with Crippen molar-refractivity contribution in [1.29, 1.82) is 0 Å². The molecule has 1 aromatic carbocycles. The number of rotatable bonds is 2. The Kier molecular flexibility index (Phi) is 4.69. The molecule has 3 radical (unpaired) electrons. The molecular weight excluding hydrogens is 210 g/mol. The van der Waals surface area contributed by atoms with Gasteiger partial charge in [0.1, 0.15) is 0 Å². The molecule has 17 heavy (non-hydrogen) atoms. The maximum absolute atomic E-state index is 7.22. The van der Waals surface area contributed by atoms with Crippen molar-refractivity contribution in [2.24, 2.45) is 5.92 Å². The molecule has 3 atom stereocenters. The van der Waals surface area contributed by atoms with Crippen LogP contribution in [0, 0.1) is 5.92 Å². The van der Waals surface area contributed by atoms with Crippen LogP contribution >= 0.6 is 0 Å². The molecule has 1 saturated carbocycles. The topological polar surface area (TPSA) is 32.8 Å². The predicted molar refractivity (Wildman–Crippen MR) is 69.9 cm³/mol. The van der Waals surface area contributed by atoms with Gasteiger partial charge in [0.2, 0.25) is 7.37 Å². The molecule has 2 aliphatic rings. The van der Waals surface area contributed by atoms with Crippen LogP contribution < -0.4 is 0 Å². The Hall–Kier alpha value is -0.730. The maximum atomic E-state index is 7.22. The van der Waals surface area contributed by atoms with E-state index in [4.69, 9.17) is 9.76 Å². The molecule has 0 aromatic heterocycles. The molecule has 3 unspecified atom stereocenters. The second kappa shape index (κ2) is 6.27. The molecule has 1 aliphatic heterocycles. The van der Waals surface area contributed by atoms with Gasteiger partial charge in [-0.05, 0) is 37.2 Å². The summed E-state index contributed by atoms with van der Waals surface area (Å²) in [4.78, 5) is 0. The van der Waals surface area contributed by atoms with Gasteiger partial charge >= 0.3 is 0 Å². The normalized spacial score (nSPS) is 29.6. The Balaban J connectivity index is 0.000000329. The Bertz CT molecular complexity index is 331. The molecule has 0 bridgehead atoms. The van der Waals surface area contributed by atoms with Crippen molar-refractivity contribution < 1.29 is 9.76 Å². The van der Waals surface area contributed by atoms with Crippen LogP contribution in [0.15, 0.2) is 30.3 Å². The molecule has 0 amide bonds. The van der Waals surface area contributed by atoms with E-state index in [-0.39, 0.29) is 0 Å². The highest BCUT2D eigenvalue weighted by molar-refractivity contribution is 6.84. The fourth-order valence-corrected chi connectivity index (χ4v) is 2.62. The van der Waals surface area contributed by atoms with E-state index in [1.54, 1.807) is 0 Å². The first-order valence-corrected chi connectivity index (χ1v) is 6.20. The van der Waals surface area contributed by atoms with E-state index >= 15 is 0 Å². The molecule has 1 aliphatic carbocycles. The largest absolute Gasteiger partial charge is 0.466 e. The van der Waals surface area contributed by atoms with Crippen LogP contribution in [0.2, 0.25) is 0 Å². The number of fused-ring (bicyclic) bond motifs is 1. The third-order valence-corrected chi connectivity index (χ3v) is 3.48. The van der Waals surface area contributed by atoms with Gasteiger partial charge in [0, 0.05) is 0 Å². The first kappa shape index (κ1) is 12.7. The van der Waals surface area contributed by atoms with Crippen molar-refractivity contribution in [2.75, 3.05) is 0 Å². The van der Waals surface area contributed by atoms with Gasteiger partial charge in [-0.1, -0.05) is 30.3 Å². The van der Waals surface area contributed by atoms with Crippen LogP contribution in [0.1, 0.15) is 24.8 Å². The van der Waals surface area contributed by atoms with Crippen molar-refractivity contribution in [2.45, 2.75) is 37.9 Å². The van der Waals surface area contributed by atoms with E-state index in [2.05, 4.69) is 38.1 Å². The Labute approximate surface area is 105 Å². The van der Waals surface area contributed by atoms with Crippen molar-refractivity contribution >= 4 is 15.1 Å². The molecule has 2 fully saturated rings. The van der Waals surface area contributed by atoms with Gasteiger partial charge in [0.05, 0.1) is 19.9 Å². The fraction of sp³-hybridized carbons (Fsp3) is 0.538. The standard InChI is InChI=1S/C13H16O.B2HO/c1-2-4-10(5-3-1)8-11-6-7-12-13(9-11)14-12;1-2-3/h1-5,11-13H,6-9H2;3H. The first-order valence-electron chi connectivity index (χ1n) is 6.20. The summed E-state index contributed by atoms with van der Waals surface area (Å²) in [6.45, 7) is 0. The van der Waals surface area contributed by atoms with Crippen LogP contribution in [0.25, 0.3) is 0 Å². The highest BCUT2D eigenvalue weighted by Crippen LogP contribution is 2.40. The molecule has 3 rings (SSSR count). The highest BCUT2D eigenvalue weighted by Gasteiger charge is 2.43. The zero-order chi connectivity index (χ0) is 12.1. The zero-order valence-electron chi connectivity index (χ0n) is 9.96. The van der Waals surface area contributed by atoms with Gasteiger partial charge < -0.3 is 9.76 Å². The van der Waals surface area contributed by atoms with Crippen LogP contribution in [-0.2, 0) is 11.2 Å². The van der Waals surface area contributed by atoms with Crippen LogP contribution in [0.5, 0.6) is 0 Å². The second-order valence-electron chi connectivity index (χ2n) is 4.73. The molecule has 1 heterocycles. The number of benzene rings is 1. The lowest BCUT2D eigenvalue weighted by atomic mass is 9.73.